The van der Waals surface area contributed by atoms with E-state index in [2.05, 4.69) is 9.98 Å². The molecule has 1 aromatic carbocycles. The molecule has 144 valence electrons. The zero-order valence-electron chi connectivity index (χ0n) is 15.3. The monoisotopic (exact) mass is 421 g/mol. The van der Waals surface area contributed by atoms with Crippen LogP contribution in [0.4, 0.5) is 11.4 Å². The summed E-state index contributed by atoms with van der Waals surface area (Å²) in [6.45, 7) is 1.87. The van der Waals surface area contributed by atoms with Crippen LogP contribution in [0.1, 0.15) is 12.6 Å². The SMILES string of the molecule is CC(=Nn1c(-c2cccs2)csc1=Nc1ccccc1[N+](=O)[O-])c1ccccn1. The van der Waals surface area contributed by atoms with Crippen molar-refractivity contribution < 1.29 is 4.92 Å². The summed E-state index contributed by atoms with van der Waals surface area (Å²) in [7, 11) is 0. The van der Waals surface area contributed by atoms with Crippen molar-refractivity contribution in [3.05, 3.63) is 92.2 Å². The van der Waals surface area contributed by atoms with Crippen LogP contribution in [0.5, 0.6) is 0 Å². The Bertz CT molecular complexity index is 1240. The van der Waals surface area contributed by atoms with Crippen LogP contribution in [-0.4, -0.2) is 20.3 Å². The lowest BCUT2D eigenvalue weighted by molar-refractivity contribution is -0.384. The summed E-state index contributed by atoms with van der Waals surface area (Å²) in [6.07, 6.45) is 1.71. The van der Waals surface area contributed by atoms with E-state index in [-0.39, 0.29) is 11.4 Å². The van der Waals surface area contributed by atoms with Crippen LogP contribution in [0, 0.1) is 10.1 Å². The van der Waals surface area contributed by atoms with Crippen molar-refractivity contribution in [2.24, 2.45) is 10.1 Å². The molecule has 9 heteroatoms. The molecule has 0 bridgehead atoms. The second-order valence-corrected chi connectivity index (χ2v) is 7.73. The number of aromatic nitrogens is 2. The molecule has 4 rings (SSSR count). The predicted octanol–water partition coefficient (Wildman–Crippen LogP) is 5.09. The minimum absolute atomic E-state index is 0.0458. The average Bonchev–Trinajstić information content (AvgIpc) is 3.39. The van der Waals surface area contributed by atoms with Gasteiger partial charge in [-0.3, -0.25) is 15.1 Å². The van der Waals surface area contributed by atoms with Crippen LogP contribution in [-0.2, 0) is 0 Å². The summed E-state index contributed by atoms with van der Waals surface area (Å²) in [5.41, 5.74) is 2.58. The van der Waals surface area contributed by atoms with E-state index < -0.39 is 4.92 Å². The molecule has 0 unspecified atom stereocenters. The molecule has 0 amide bonds. The second kappa shape index (κ2) is 8.29. The summed E-state index contributed by atoms with van der Waals surface area (Å²) >= 11 is 2.97. The van der Waals surface area contributed by atoms with Gasteiger partial charge in [-0.25, -0.2) is 9.67 Å². The zero-order valence-corrected chi connectivity index (χ0v) is 16.9. The molecule has 3 aromatic heterocycles. The van der Waals surface area contributed by atoms with Crippen molar-refractivity contribution in [3.63, 3.8) is 0 Å². The molecule has 0 saturated heterocycles. The van der Waals surface area contributed by atoms with Gasteiger partial charge < -0.3 is 0 Å². The minimum Gasteiger partial charge on any atom is -0.258 e. The Kier molecular flexibility index (Phi) is 5.41. The number of nitro groups is 1. The molecule has 0 radical (unpaired) electrons. The fourth-order valence-electron chi connectivity index (χ4n) is 2.66. The molecule has 0 aliphatic carbocycles. The van der Waals surface area contributed by atoms with E-state index in [0.29, 0.717) is 10.5 Å². The normalized spacial score (nSPS) is 12.3. The molecular weight excluding hydrogens is 406 g/mol. The Morgan fingerprint density at radius 1 is 1.10 bits per heavy atom. The van der Waals surface area contributed by atoms with E-state index in [4.69, 9.17) is 5.10 Å². The predicted molar refractivity (Wildman–Crippen MR) is 116 cm³/mol. The van der Waals surface area contributed by atoms with E-state index in [9.17, 15) is 10.1 Å². The average molecular weight is 422 g/mol. The van der Waals surface area contributed by atoms with Gasteiger partial charge in [0.2, 0.25) is 4.80 Å². The number of nitro benzene ring substituents is 1. The van der Waals surface area contributed by atoms with E-state index >= 15 is 0 Å². The number of benzene rings is 1. The first-order valence-corrected chi connectivity index (χ1v) is 10.4. The number of hydrogen-bond donors (Lipinski definition) is 0. The molecule has 7 nitrogen and oxygen atoms in total. The molecule has 0 spiro atoms. The molecule has 29 heavy (non-hydrogen) atoms. The fourth-order valence-corrected chi connectivity index (χ4v) is 4.30. The van der Waals surface area contributed by atoms with Crippen molar-refractivity contribution in [1.29, 1.82) is 0 Å². The van der Waals surface area contributed by atoms with Crippen molar-refractivity contribution in [2.45, 2.75) is 6.92 Å². The third-order valence-electron chi connectivity index (χ3n) is 4.04. The highest BCUT2D eigenvalue weighted by atomic mass is 32.1. The second-order valence-electron chi connectivity index (χ2n) is 5.95. The van der Waals surface area contributed by atoms with E-state index in [1.807, 2.05) is 48.0 Å². The molecule has 0 atom stereocenters. The largest absolute Gasteiger partial charge is 0.294 e. The highest BCUT2D eigenvalue weighted by molar-refractivity contribution is 7.14. The molecule has 0 aliphatic rings. The molecule has 4 aromatic rings. The van der Waals surface area contributed by atoms with E-state index in [1.165, 1.54) is 17.4 Å². The van der Waals surface area contributed by atoms with Gasteiger partial charge in [-0.05, 0) is 36.6 Å². The van der Waals surface area contributed by atoms with Crippen molar-refractivity contribution in [2.75, 3.05) is 0 Å². The first kappa shape index (κ1) is 18.9. The summed E-state index contributed by atoms with van der Waals surface area (Å²) < 4.78 is 1.72. The minimum atomic E-state index is -0.431. The van der Waals surface area contributed by atoms with Crippen molar-refractivity contribution >= 4 is 39.8 Å². The summed E-state index contributed by atoms with van der Waals surface area (Å²) in [6, 6.07) is 16.0. The van der Waals surface area contributed by atoms with Crippen LogP contribution in [0.3, 0.4) is 0 Å². The maximum Gasteiger partial charge on any atom is 0.294 e. The van der Waals surface area contributed by atoms with Crippen LogP contribution in [0.25, 0.3) is 10.6 Å². The Hall–Kier alpha value is -3.43. The van der Waals surface area contributed by atoms with E-state index in [1.54, 1.807) is 40.4 Å². The summed E-state index contributed by atoms with van der Waals surface area (Å²) in [5.74, 6) is 0. The number of hydrogen-bond acceptors (Lipinski definition) is 7. The van der Waals surface area contributed by atoms with E-state index in [0.717, 1.165) is 16.3 Å². The Morgan fingerprint density at radius 3 is 2.66 bits per heavy atom. The lowest BCUT2D eigenvalue weighted by Gasteiger charge is -2.04. The number of rotatable bonds is 5. The van der Waals surface area contributed by atoms with Crippen molar-refractivity contribution in [1.82, 2.24) is 9.66 Å². The number of thiazole rings is 1. The Morgan fingerprint density at radius 2 is 1.93 bits per heavy atom. The van der Waals surface area contributed by atoms with Crippen LogP contribution >= 0.6 is 22.7 Å². The number of nitrogens with zero attached hydrogens (tertiary/aromatic N) is 5. The van der Waals surface area contributed by atoms with Gasteiger partial charge in [0.15, 0.2) is 0 Å². The highest BCUT2D eigenvalue weighted by Crippen LogP contribution is 2.28. The lowest BCUT2D eigenvalue weighted by Crippen LogP contribution is -2.14. The topological polar surface area (TPSA) is 85.7 Å². The van der Waals surface area contributed by atoms with Crippen LogP contribution < -0.4 is 4.80 Å². The standard InChI is InChI=1S/C20H15N5O2S2/c1-14(15-7-4-5-11-21-15)23-24-18(19-10-6-12-28-19)13-29-20(24)22-16-8-2-3-9-17(16)25(26)27/h2-13H,1H3. The van der Waals surface area contributed by atoms with Gasteiger partial charge in [0.25, 0.3) is 5.69 Å². The highest BCUT2D eigenvalue weighted by Gasteiger charge is 2.14. The van der Waals surface area contributed by atoms with Gasteiger partial charge in [0.1, 0.15) is 5.69 Å². The molecule has 3 heterocycles. The first-order valence-electron chi connectivity index (χ1n) is 8.63. The van der Waals surface area contributed by atoms with Crippen LogP contribution in [0.2, 0.25) is 0 Å². The fraction of sp³-hybridized carbons (Fsp3) is 0.0500. The number of thiophene rings is 1. The maximum atomic E-state index is 11.4. The third-order valence-corrected chi connectivity index (χ3v) is 5.75. The number of para-hydroxylation sites is 2. The van der Waals surface area contributed by atoms with Gasteiger partial charge in [-0.15, -0.1) is 22.7 Å². The molecule has 0 fully saturated rings. The Labute approximate surface area is 174 Å². The molecule has 0 N–H and O–H groups in total. The zero-order chi connectivity index (χ0) is 20.2. The lowest BCUT2D eigenvalue weighted by atomic mass is 10.3. The number of pyridine rings is 1. The van der Waals surface area contributed by atoms with Crippen molar-refractivity contribution in [3.8, 4) is 10.6 Å². The quantitative estimate of drug-likeness (QED) is 0.256. The smallest absolute Gasteiger partial charge is 0.258 e. The van der Waals surface area contributed by atoms with Crippen LogP contribution in [0.15, 0.2) is 81.6 Å². The summed E-state index contributed by atoms with van der Waals surface area (Å²) in [5, 5.41) is 20.0. The first-order chi connectivity index (χ1) is 14.1. The van der Waals surface area contributed by atoms with Gasteiger partial charge >= 0.3 is 0 Å². The van der Waals surface area contributed by atoms with Gasteiger partial charge in [0, 0.05) is 17.6 Å². The van der Waals surface area contributed by atoms with Gasteiger partial charge in [-0.1, -0.05) is 24.3 Å². The molecule has 0 aliphatic heterocycles. The molecular formula is C20H15N5O2S2. The third kappa shape index (κ3) is 4.05. The molecule has 0 saturated carbocycles. The van der Waals surface area contributed by atoms with Gasteiger partial charge in [0.05, 0.1) is 26.9 Å². The van der Waals surface area contributed by atoms with Gasteiger partial charge in [-0.2, -0.15) is 5.10 Å². The Balaban J connectivity index is 1.92. The summed E-state index contributed by atoms with van der Waals surface area (Å²) in [4.78, 5) is 21.4. The maximum absolute atomic E-state index is 11.4.